The second kappa shape index (κ2) is 12.7. The van der Waals surface area contributed by atoms with Crippen molar-refractivity contribution in [1.29, 1.82) is 5.26 Å². The maximum atomic E-state index is 14.7. The molecule has 0 aliphatic rings. The predicted octanol–water partition coefficient (Wildman–Crippen LogP) is 11.4. The van der Waals surface area contributed by atoms with Crippen molar-refractivity contribution in [3.8, 4) is 51.3 Å². The smallest absolute Gasteiger partial charge is 0.308 e. The first-order valence-electron chi connectivity index (χ1n) is 17.8. The first-order chi connectivity index (χ1) is 27.4. The van der Waals surface area contributed by atoms with Crippen LogP contribution in [0.4, 0.5) is 13.2 Å². The van der Waals surface area contributed by atoms with Gasteiger partial charge in [-0.25, -0.2) is 19.9 Å². The highest BCUT2D eigenvalue weighted by atomic mass is 19.4. The Morgan fingerprint density at radius 2 is 0.911 bits per heavy atom. The van der Waals surface area contributed by atoms with Crippen LogP contribution in [0.25, 0.3) is 88.9 Å². The lowest BCUT2D eigenvalue weighted by atomic mass is 9.96. The molecule has 0 saturated carbocycles. The van der Waals surface area contributed by atoms with Gasteiger partial charge in [0, 0.05) is 57.5 Å². The lowest BCUT2D eigenvalue weighted by Gasteiger charge is -2.20. The normalized spacial score (nSPS) is 11.8. The van der Waals surface area contributed by atoms with Crippen LogP contribution >= 0.6 is 0 Å². The molecule has 0 amide bonds. The zero-order valence-corrected chi connectivity index (χ0v) is 29.3. The van der Waals surface area contributed by atoms with Gasteiger partial charge in [0.2, 0.25) is 0 Å². The molecule has 0 aliphatic heterocycles. The Balaban J connectivity index is 1.33. The minimum absolute atomic E-state index is 0.000509. The summed E-state index contributed by atoms with van der Waals surface area (Å²) < 4.78 is 48.1. The molecule has 266 valence electrons. The largest absolute Gasteiger partial charge is 0.417 e. The lowest BCUT2D eigenvalue weighted by Crippen LogP contribution is -2.09. The Morgan fingerprint density at radius 1 is 0.464 bits per heavy atom. The van der Waals surface area contributed by atoms with E-state index in [0.717, 1.165) is 60.8 Å². The Bertz CT molecular complexity index is 3020. The Hall–Kier alpha value is -7.64. The fourth-order valence-electron chi connectivity index (χ4n) is 7.86. The molecule has 0 fully saturated rings. The highest BCUT2D eigenvalue weighted by Crippen LogP contribution is 2.43. The van der Waals surface area contributed by atoms with Gasteiger partial charge in [0.1, 0.15) is 11.6 Å². The van der Waals surface area contributed by atoms with Crippen molar-refractivity contribution in [3.05, 3.63) is 169 Å². The molecule has 0 unspecified atom stereocenters. The molecule has 0 aliphatic carbocycles. The lowest BCUT2D eigenvalue weighted by molar-refractivity contribution is -0.137. The number of hydrogen-bond acceptors (Lipinski definition) is 5. The molecule has 0 spiro atoms. The van der Waals surface area contributed by atoms with Gasteiger partial charge in [0.05, 0.1) is 39.0 Å². The second-order valence-corrected chi connectivity index (χ2v) is 13.4. The number of para-hydroxylation sites is 2. The molecule has 10 aromatic rings. The summed E-state index contributed by atoms with van der Waals surface area (Å²) in [6, 6.07) is 42.4. The number of rotatable bonds is 5. The maximum absolute atomic E-state index is 14.7. The molecule has 0 atom stereocenters. The average molecular weight is 734 g/mol. The predicted molar refractivity (Wildman–Crippen MR) is 212 cm³/mol. The summed E-state index contributed by atoms with van der Waals surface area (Å²) in [5, 5.41) is 14.8. The van der Waals surface area contributed by atoms with E-state index in [9.17, 15) is 18.4 Å². The topological polar surface area (TPSA) is 85.2 Å². The number of aromatic nitrogens is 6. The molecule has 0 saturated heterocycles. The number of fused-ring (bicyclic) bond motifs is 6. The molecule has 0 radical (unpaired) electrons. The van der Waals surface area contributed by atoms with Crippen molar-refractivity contribution in [3.63, 3.8) is 0 Å². The van der Waals surface area contributed by atoms with Crippen LogP contribution in [0.2, 0.25) is 0 Å². The Labute approximate surface area is 317 Å². The monoisotopic (exact) mass is 733 g/mol. The van der Waals surface area contributed by atoms with Crippen molar-refractivity contribution in [2.45, 2.75) is 6.18 Å². The van der Waals surface area contributed by atoms with Gasteiger partial charge in [0.15, 0.2) is 11.6 Å². The molecule has 4 aromatic heterocycles. The minimum atomic E-state index is -4.63. The van der Waals surface area contributed by atoms with Crippen molar-refractivity contribution in [2.75, 3.05) is 0 Å². The SMILES string of the molecule is N#Cc1c(-n2c3ccccc3c3cc(-c4ncccn4)ccc32)cc(-c2ccccc2C(F)(F)F)cc1-n1c2ccccc2c2cc(-c3ncccn3)ccc21. The average Bonchev–Trinajstić information content (AvgIpc) is 3.75. The van der Waals surface area contributed by atoms with Gasteiger partial charge in [0.25, 0.3) is 0 Å². The van der Waals surface area contributed by atoms with Gasteiger partial charge >= 0.3 is 6.18 Å². The van der Waals surface area contributed by atoms with Crippen LogP contribution in [-0.2, 0) is 6.18 Å². The highest BCUT2D eigenvalue weighted by Gasteiger charge is 2.34. The third kappa shape index (κ3) is 5.21. The van der Waals surface area contributed by atoms with E-state index < -0.39 is 11.7 Å². The molecule has 10 rings (SSSR count). The van der Waals surface area contributed by atoms with Crippen molar-refractivity contribution in [2.24, 2.45) is 0 Å². The quantitative estimate of drug-likeness (QED) is 0.176. The summed E-state index contributed by atoms with van der Waals surface area (Å²) in [6.45, 7) is 0. The van der Waals surface area contributed by atoms with Crippen molar-refractivity contribution >= 4 is 43.6 Å². The molecular formula is C46H26F3N7. The van der Waals surface area contributed by atoms with Crippen LogP contribution in [0.3, 0.4) is 0 Å². The van der Waals surface area contributed by atoms with E-state index in [2.05, 4.69) is 26.0 Å². The van der Waals surface area contributed by atoms with E-state index in [4.69, 9.17) is 0 Å². The van der Waals surface area contributed by atoms with E-state index >= 15 is 0 Å². The minimum Gasteiger partial charge on any atom is -0.308 e. The first kappa shape index (κ1) is 33.0. The van der Waals surface area contributed by atoms with Gasteiger partial charge in [-0.2, -0.15) is 18.4 Å². The number of benzene rings is 6. The molecule has 56 heavy (non-hydrogen) atoms. The van der Waals surface area contributed by atoms with Crippen LogP contribution < -0.4 is 0 Å². The third-order valence-corrected chi connectivity index (χ3v) is 10.2. The Morgan fingerprint density at radius 3 is 1.39 bits per heavy atom. The highest BCUT2D eigenvalue weighted by molar-refractivity contribution is 6.12. The zero-order valence-electron chi connectivity index (χ0n) is 29.3. The van der Waals surface area contributed by atoms with E-state index in [-0.39, 0.29) is 11.1 Å². The molecule has 10 heteroatoms. The zero-order chi connectivity index (χ0) is 38.0. The van der Waals surface area contributed by atoms with Crippen molar-refractivity contribution < 1.29 is 13.2 Å². The summed E-state index contributed by atoms with van der Waals surface area (Å²) in [6.07, 6.45) is 2.12. The van der Waals surface area contributed by atoms with Gasteiger partial charge in [-0.15, -0.1) is 0 Å². The molecule has 4 heterocycles. The molecule has 6 aromatic carbocycles. The van der Waals surface area contributed by atoms with Gasteiger partial charge in [-0.1, -0.05) is 54.6 Å². The third-order valence-electron chi connectivity index (χ3n) is 10.2. The first-order valence-corrected chi connectivity index (χ1v) is 17.8. The van der Waals surface area contributed by atoms with E-state index in [0.29, 0.717) is 28.6 Å². The van der Waals surface area contributed by atoms with Crippen molar-refractivity contribution in [1.82, 2.24) is 29.1 Å². The van der Waals surface area contributed by atoms with Crippen LogP contribution in [0.15, 0.2) is 158 Å². The molecule has 7 nitrogen and oxygen atoms in total. The fourth-order valence-corrected chi connectivity index (χ4v) is 7.86. The van der Waals surface area contributed by atoms with Gasteiger partial charge < -0.3 is 9.13 Å². The number of halogens is 3. The van der Waals surface area contributed by atoms with Crippen LogP contribution in [-0.4, -0.2) is 29.1 Å². The summed E-state index contributed by atoms with van der Waals surface area (Å²) in [5.74, 6) is 1.12. The van der Waals surface area contributed by atoms with Crippen LogP contribution in [0.5, 0.6) is 0 Å². The summed E-state index contributed by atoms with van der Waals surface area (Å²) in [5.41, 5.74) is 5.41. The molecule has 0 bridgehead atoms. The van der Waals surface area contributed by atoms with E-state index in [1.807, 2.05) is 94.1 Å². The summed E-state index contributed by atoms with van der Waals surface area (Å²) in [4.78, 5) is 17.8. The number of nitrogens with zero attached hydrogens (tertiary/aromatic N) is 7. The van der Waals surface area contributed by atoms with Gasteiger partial charge in [-0.3, -0.25) is 0 Å². The molecular weight excluding hydrogens is 708 g/mol. The number of nitriles is 1. The number of alkyl halides is 3. The fraction of sp³-hybridized carbons (Fsp3) is 0.0217. The number of hydrogen-bond donors (Lipinski definition) is 0. The standard InChI is InChI=1S/C46H26F3N7/c47-46(48,49)37-12-4-1-9-31(37)30-25-42(55-38-13-5-2-10-32(38)34-23-28(15-17-40(34)55)44-51-19-7-20-52-44)36(27-50)43(26-30)56-39-14-6-3-11-33(39)35-24-29(16-18-41(35)56)45-53-21-8-22-54-45/h1-26H. The Kier molecular flexibility index (Phi) is 7.50. The van der Waals surface area contributed by atoms with E-state index in [1.54, 1.807) is 55.1 Å². The van der Waals surface area contributed by atoms with Crippen LogP contribution in [0.1, 0.15) is 11.1 Å². The van der Waals surface area contributed by atoms with Crippen LogP contribution in [0, 0.1) is 11.3 Å². The second-order valence-electron chi connectivity index (χ2n) is 13.4. The maximum Gasteiger partial charge on any atom is 0.417 e. The van der Waals surface area contributed by atoms with E-state index in [1.165, 1.54) is 12.1 Å². The summed E-state index contributed by atoms with van der Waals surface area (Å²) >= 11 is 0. The summed E-state index contributed by atoms with van der Waals surface area (Å²) in [7, 11) is 0. The molecule has 0 N–H and O–H groups in total. The van der Waals surface area contributed by atoms with Gasteiger partial charge in [-0.05, 0) is 90.0 Å².